The molecular formula is C12H23NO5S. The molecule has 1 heterocycles. The highest BCUT2D eigenvalue weighted by atomic mass is 32.2. The van der Waals surface area contributed by atoms with E-state index in [1.165, 1.54) is 0 Å². The zero-order chi connectivity index (χ0) is 14.7. The topological polar surface area (TPSA) is 92.7 Å². The predicted molar refractivity (Wildman–Crippen MR) is 71.4 cm³/mol. The molecule has 112 valence electrons. The average molecular weight is 293 g/mol. The Morgan fingerprint density at radius 3 is 2.53 bits per heavy atom. The minimum atomic E-state index is -3.53. The van der Waals surface area contributed by atoms with Gasteiger partial charge in [0.25, 0.3) is 0 Å². The summed E-state index contributed by atoms with van der Waals surface area (Å²) >= 11 is 0. The van der Waals surface area contributed by atoms with Crippen LogP contribution in [-0.2, 0) is 19.6 Å². The molecule has 1 fully saturated rings. The summed E-state index contributed by atoms with van der Waals surface area (Å²) in [6.07, 6.45) is 1.11. The fourth-order valence-electron chi connectivity index (χ4n) is 1.98. The summed E-state index contributed by atoms with van der Waals surface area (Å²) in [5.41, 5.74) is -0.456. The normalized spacial score (nSPS) is 22.4. The number of carboxylic acid groups (broad SMARTS) is 1. The number of carbonyl (C=O) groups is 1. The summed E-state index contributed by atoms with van der Waals surface area (Å²) in [4.78, 5) is 10.8. The molecule has 2 atom stereocenters. The molecule has 1 aliphatic rings. The number of hydrogen-bond acceptors (Lipinski definition) is 4. The van der Waals surface area contributed by atoms with Crippen molar-refractivity contribution in [1.29, 1.82) is 0 Å². The lowest BCUT2D eigenvalue weighted by Gasteiger charge is -2.30. The molecule has 1 rings (SSSR count). The Morgan fingerprint density at radius 2 is 2.11 bits per heavy atom. The number of carboxylic acids is 1. The third kappa shape index (κ3) is 5.88. The molecular weight excluding hydrogens is 270 g/mol. The van der Waals surface area contributed by atoms with Crippen LogP contribution in [0, 0.1) is 5.41 Å². The van der Waals surface area contributed by atoms with E-state index in [0.29, 0.717) is 6.61 Å². The molecule has 0 aromatic heterocycles. The monoisotopic (exact) mass is 293 g/mol. The van der Waals surface area contributed by atoms with Gasteiger partial charge in [0.05, 0.1) is 18.3 Å². The Hall–Kier alpha value is -0.660. The van der Waals surface area contributed by atoms with Crippen LogP contribution in [0.25, 0.3) is 0 Å². The van der Waals surface area contributed by atoms with Gasteiger partial charge in [-0.15, -0.1) is 0 Å². The van der Waals surface area contributed by atoms with Gasteiger partial charge >= 0.3 is 5.97 Å². The lowest BCUT2D eigenvalue weighted by molar-refractivity contribution is -0.138. The van der Waals surface area contributed by atoms with Crippen LogP contribution >= 0.6 is 0 Å². The Balaban J connectivity index is 2.68. The molecule has 2 N–H and O–H groups in total. The summed E-state index contributed by atoms with van der Waals surface area (Å²) < 4.78 is 31.9. The summed E-state index contributed by atoms with van der Waals surface area (Å²) in [6.45, 7) is 6.04. The van der Waals surface area contributed by atoms with E-state index in [-0.39, 0.29) is 18.3 Å². The van der Waals surface area contributed by atoms with E-state index in [1.807, 2.05) is 20.8 Å². The Labute approximate surface area is 114 Å². The molecule has 2 unspecified atom stereocenters. The molecule has 0 radical (unpaired) electrons. The first-order chi connectivity index (χ1) is 8.60. The van der Waals surface area contributed by atoms with Crippen molar-refractivity contribution in [2.45, 2.75) is 52.2 Å². The Bertz CT molecular complexity index is 406. The van der Waals surface area contributed by atoms with E-state index in [9.17, 15) is 13.2 Å². The highest BCUT2D eigenvalue weighted by Gasteiger charge is 2.32. The van der Waals surface area contributed by atoms with Crippen LogP contribution in [0.2, 0.25) is 0 Å². The first kappa shape index (κ1) is 16.4. The predicted octanol–water partition coefficient (Wildman–Crippen LogP) is 0.974. The minimum absolute atomic E-state index is 0.0980. The highest BCUT2D eigenvalue weighted by Crippen LogP contribution is 2.23. The second-order valence-electron chi connectivity index (χ2n) is 6.05. The van der Waals surface area contributed by atoms with Crippen LogP contribution < -0.4 is 4.72 Å². The molecule has 0 saturated carbocycles. The van der Waals surface area contributed by atoms with Crippen molar-refractivity contribution >= 4 is 16.0 Å². The van der Waals surface area contributed by atoms with Crippen molar-refractivity contribution in [2.24, 2.45) is 5.41 Å². The fourth-order valence-corrected chi connectivity index (χ4v) is 3.70. The van der Waals surface area contributed by atoms with Gasteiger partial charge in [0.15, 0.2) is 0 Å². The van der Waals surface area contributed by atoms with Crippen LogP contribution in [0.4, 0.5) is 0 Å². The molecule has 0 aliphatic carbocycles. The van der Waals surface area contributed by atoms with Crippen molar-refractivity contribution in [2.75, 3.05) is 12.4 Å². The molecule has 0 aromatic carbocycles. The first-order valence-electron chi connectivity index (χ1n) is 6.43. The lowest BCUT2D eigenvalue weighted by Crippen LogP contribution is -2.47. The highest BCUT2D eigenvalue weighted by molar-refractivity contribution is 7.89. The van der Waals surface area contributed by atoms with Gasteiger partial charge in [-0.1, -0.05) is 20.8 Å². The third-order valence-electron chi connectivity index (χ3n) is 3.18. The van der Waals surface area contributed by atoms with Crippen LogP contribution in [-0.4, -0.2) is 44.0 Å². The first-order valence-corrected chi connectivity index (χ1v) is 8.09. The molecule has 19 heavy (non-hydrogen) atoms. The second kappa shape index (κ2) is 6.19. The maximum atomic E-state index is 12.0. The summed E-state index contributed by atoms with van der Waals surface area (Å²) in [6, 6.07) is -0.628. The zero-order valence-electron chi connectivity index (χ0n) is 11.7. The smallest absolute Gasteiger partial charge is 0.304 e. The molecule has 1 aliphatic heterocycles. The molecule has 7 heteroatoms. The van der Waals surface area contributed by atoms with E-state index in [0.717, 1.165) is 12.8 Å². The van der Waals surface area contributed by atoms with Gasteiger partial charge in [0, 0.05) is 12.6 Å². The lowest BCUT2D eigenvalue weighted by atomic mass is 9.85. The Morgan fingerprint density at radius 1 is 1.47 bits per heavy atom. The van der Waals surface area contributed by atoms with Gasteiger partial charge in [-0.05, 0) is 18.3 Å². The van der Waals surface area contributed by atoms with E-state index >= 15 is 0 Å². The van der Waals surface area contributed by atoms with Crippen molar-refractivity contribution in [3.63, 3.8) is 0 Å². The van der Waals surface area contributed by atoms with Gasteiger partial charge in [0.1, 0.15) is 0 Å². The van der Waals surface area contributed by atoms with Gasteiger partial charge in [-0.2, -0.15) is 0 Å². The second-order valence-corrected chi connectivity index (χ2v) is 7.85. The number of rotatable bonds is 6. The van der Waals surface area contributed by atoms with Crippen molar-refractivity contribution in [3.05, 3.63) is 0 Å². The number of sulfonamides is 1. The van der Waals surface area contributed by atoms with Crippen molar-refractivity contribution in [3.8, 4) is 0 Å². The maximum Gasteiger partial charge on any atom is 0.304 e. The number of ether oxygens (including phenoxy) is 1. The van der Waals surface area contributed by atoms with Crippen LogP contribution in [0.5, 0.6) is 0 Å². The van der Waals surface area contributed by atoms with Gasteiger partial charge in [-0.3, -0.25) is 4.79 Å². The van der Waals surface area contributed by atoms with E-state index in [1.54, 1.807) is 0 Å². The van der Waals surface area contributed by atoms with E-state index < -0.39 is 27.4 Å². The van der Waals surface area contributed by atoms with Crippen molar-refractivity contribution < 1.29 is 23.1 Å². The molecule has 0 aromatic rings. The van der Waals surface area contributed by atoms with Crippen LogP contribution in [0.3, 0.4) is 0 Å². The number of aliphatic carboxylic acids is 1. The fraction of sp³-hybridized carbons (Fsp3) is 0.917. The van der Waals surface area contributed by atoms with Gasteiger partial charge in [0.2, 0.25) is 10.0 Å². The summed E-state index contributed by atoms with van der Waals surface area (Å²) in [5, 5.41) is 8.87. The quantitative estimate of drug-likeness (QED) is 0.761. The number of nitrogens with one attached hydrogen (secondary N) is 1. The number of hydrogen-bond donors (Lipinski definition) is 2. The van der Waals surface area contributed by atoms with Crippen molar-refractivity contribution in [1.82, 2.24) is 4.72 Å². The van der Waals surface area contributed by atoms with Gasteiger partial charge in [-0.25, -0.2) is 13.1 Å². The summed E-state index contributed by atoms with van der Waals surface area (Å²) in [7, 11) is -3.53. The van der Waals surface area contributed by atoms with E-state index in [4.69, 9.17) is 9.84 Å². The minimum Gasteiger partial charge on any atom is -0.481 e. The molecule has 0 bridgehead atoms. The summed E-state index contributed by atoms with van der Waals surface area (Å²) in [5.74, 6) is -1.11. The molecule has 0 spiro atoms. The largest absolute Gasteiger partial charge is 0.481 e. The SMILES string of the molecule is CC(C)(C)C(CC(=O)O)NS(=O)(=O)CC1CCCO1. The van der Waals surface area contributed by atoms with Crippen LogP contribution in [0.15, 0.2) is 0 Å². The average Bonchev–Trinajstić information content (AvgIpc) is 2.65. The molecule has 1 saturated heterocycles. The van der Waals surface area contributed by atoms with Crippen LogP contribution in [0.1, 0.15) is 40.0 Å². The maximum absolute atomic E-state index is 12.0. The standard InChI is InChI=1S/C12H23NO5S/c1-12(2,3)10(7-11(14)15)13-19(16,17)8-9-5-4-6-18-9/h9-10,13H,4-8H2,1-3H3,(H,14,15). The molecule has 6 nitrogen and oxygen atoms in total. The molecule has 0 amide bonds. The third-order valence-corrected chi connectivity index (χ3v) is 4.63. The van der Waals surface area contributed by atoms with Gasteiger partial charge < -0.3 is 9.84 Å². The van der Waals surface area contributed by atoms with E-state index in [2.05, 4.69) is 4.72 Å². The Kier molecular flexibility index (Phi) is 5.34. The zero-order valence-corrected chi connectivity index (χ0v) is 12.5.